The Kier molecular flexibility index (Phi) is 4.24. The van der Waals surface area contributed by atoms with Crippen molar-refractivity contribution in [2.24, 2.45) is 5.92 Å². The van der Waals surface area contributed by atoms with E-state index in [4.69, 9.17) is 0 Å². The van der Waals surface area contributed by atoms with E-state index < -0.39 is 0 Å². The van der Waals surface area contributed by atoms with Gasteiger partial charge in [-0.1, -0.05) is 48.0 Å². The van der Waals surface area contributed by atoms with Crippen LogP contribution in [-0.2, 0) is 4.79 Å². The zero-order valence-electron chi connectivity index (χ0n) is 15.1. The third-order valence-electron chi connectivity index (χ3n) is 5.62. The second kappa shape index (κ2) is 6.55. The fourth-order valence-electron chi connectivity index (χ4n) is 4.10. The van der Waals surface area contributed by atoms with Gasteiger partial charge in [-0.15, -0.1) is 0 Å². The largest absolute Gasteiger partial charge is 0.368 e. The van der Waals surface area contributed by atoms with Gasteiger partial charge in [0.15, 0.2) is 0 Å². The Bertz CT molecular complexity index is 763. The Balaban J connectivity index is 1.35. The Morgan fingerprint density at radius 2 is 1.68 bits per heavy atom. The number of nitrogens with zero attached hydrogens (tertiary/aromatic N) is 2. The van der Waals surface area contributed by atoms with Gasteiger partial charge in [0.1, 0.15) is 0 Å². The number of benzene rings is 2. The highest BCUT2D eigenvalue weighted by Crippen LogP contribution is 2.48. The van der Waals surface area contributed by atoms with Crippen molar-refractivity contribution >= 4 is 11.6 Å². The minimum atomic E-state index is 0.204. The molecule has 1 saturated carbocycles. The maximum atomic E-state index is 12.8. The third kappa shape index (κ3) is 3.28. The molecule has 0 N–H and O–H groups in total. The summed E-state index contributed by atoms with van der Waals surface area (Å²) in [5.74, 6) is 0.996. The van der Waals surface area contributed by atoms with Crippen molar-refractivity contribution in [3.05, 3.63) is 65.2 Å². The van der Waals surface area contributed by atoms with Crippen LogP contribution in [0.15, 0.2) is 48.5 Å². The normalized spacial score (nSPS) is 22.8. The van der Waals surface area contributed by atoms with Gasteiger partial charge in [0, 0.05) is 37.8 Å². The van der Waals surface area contributed by atoms with Gasteiger partial charge >= 0.3 is 0 Å². The molecule has 2 atom stereocenters. The molecule has 2 aromatic rings. The van der Waals surface area contributed by atoms with E-state index in [1.807, 2.05) is 6.07 Å². The summed E-state index contributed by atoms with van der Waals surface area (Å²) in [4.78, 5) is 17.3. The summed E-state index contributed by atoms with van der Waals surface area (Å²) in [6.45, 7) is 7.84. The number of hydrogen-bond acceptors (Lipinski definition) is 2. The lowest BCUT2D eigenvalue weighted by molar-refractivity contribution is -0.132. The zero-order chi connectivity index (χ0) is 17.4. The SMILES string of the molecule is Cc1ccc(N2CCN(C(=O)[C@@H]3C[C@H]3c3ccccc3)CC2)c(C)c1. The molecule has 1 aliphatic heterocycles. The third-order valence-corrected chi connectivity index (χ3v) is 5.62. The summed E-state index contributed by atoms with van der Waals surface area (Å²) >= 11 is 0. The van der Waals surface area contributed by atoms with E-state index in [1.165, 1.54) is 22.4 Å². The monoisotopic (exact) mass is 334 g/mol. The van der Waals surface area contributed by atoms with Crippen LogP contribution in [-0.4, -0.2) is 37.0 Å². The van der Waals surface area contributed by atoms with Gasteiger partial charge < -0.3 is 9.80 Å². The standard InChI is InChI=1S/C22H26N2O/c1-16-8-9-21(17(2)14-16)23-10-12-24(13-11-23)22(25)20-15-19(20)18-6-4-3-5-7-18/h3-9,14,19-20H,10-13,15H2,1-2H3/t19-,20+/m0/s1. The van der Waals surface area contributed by atoms with E-state index in [9.17, 15) is 4.79 Å². The molecule has 4 rings (SSSR count). The van der Waals surface area contributed by atoms with E-state index in [1.54, 1.807) is 0 Å². The van der Waals surface area contributed by atoms with Gasteiger partial charge in [-0.2, -0.15) is 0 Å². The van der Waals surface area contributed by atoms with Crippen LogP contribution in [0.3, 0.4) is 0 Å². The lowest BCUT2D eigenvalue weighted by atomic mass is 10.1. The predicted molar refractivity (Wildman–Crippen MR) is 102 cm³/mol. The molecule has 0 aromatic heterocycles. The second-order valence-electron chi connectivity index (χ2n) is 7.46. The fraction of sp³-hybridized carbons (Fsp3) is 0.409. The molecule has 2 aliphatic rings. The topological polar surface area (TPSA) is 23.6 Å². The average Bonchev–Trinajstić information content (AvgIpc) is 3.43. The number of rotatable bonds is 3. The van der Waals surface area contributed by atoms with Gasteiger partial charge in [-0.25, -0.2) is 0 Å². The summed E-state index contributed by atoms with van der Waals surface area (Å²) in [5.41, 5.74) is 5.25. The number of carbonyl (C=O) groups excluding carboxylic acids is 1. The highest BCUT2D eigenvalue weighted by atomic mass is 16.2. The van der Waals surface area contributed by atoms with Gasteiger partial charge in [0.05, 0.1) is 0 Å². The first kappa shape index (κ1) is 16.2. The molecule has 1 amide bonds. The lowest BCUT2D eigenvalue weighted by Crippen LogP contribution is -2.49. The first-order valence-corrected chi connectivity index (χ1v) is 9.29. The number of piperazine rings is 1. The Morgan fingerprint density at radius 3 is 2.36 bits per heavy atom. The molecule has 2 aromatic carbocycles. The van der Waals surface area contributed by atoms with Crippen LogP contribution in [0.25, 0.3) is 0 Å². The van der Waals surface area contributed by atoms with Crippen LogP contribution < -0.4 is 4.90 Å². The summed E-state index contributed by atoms with van der Waals surface area (Å²) in [5, 5.41) is 0. The van der Waals surface area contributed by atoms with E-state index in [2.05, 4.69) is 66.1 Å². The smallest absolute Gasteiger partial charge is 0.226 e. The molecule has 25 heavy (non-hydrogen) atoms. The van der Waals surface area contributed by atoms with Crippen molar-refractivity contribution in [3.63, 3.8) is 0 Å². The molecule has 3 nitrogen and oxygen atoms in total. The predicted octanol–water partition coefficient (Wildman–Crippen LogP) is 3.76. The van der Waals surface area contributed by atoms with Crippen LogP contribution in [0.2, 0.25) is 0 Å². The molecular weight excluding hydrogens is 308 g/mol. The van der Waals surface area contributed by atoms with Gasteiger partial charge in [0.2, 0.25) is 5.91 Å². The lowest BCUT2D eigenvalue weighted by Gasteiger charge is -2.37. The van der Waals surface area contributed by atoms with E-state index in [0.717, 1.165) is 32.6 Å². The van der Waals surface area contributed by atoms with Crippen LogP contribution >= 0.6 is 0 Å². The van der Waals surface area contributed by atoms with Crippen molar-refractivity contribution in [1.82, 2.24) is 4.90 Å². The Morgan fingerprint density at radius 1 is 0.960 bits per heavy atom. The molecule has 1 saturated heterocycles. The second-order valence-corrected chi connectivity index (χ2v) is 7.46. The number of hydrogen-bond donors (Lipinski definition) is 0. The Hall–Kier alpha value is -2.29. The quantitative estimate of drug-likeness (QED) is 0.853. The summed E-state index contributed by atoms with van der Waals surface area (Å²) < 4.78 is 0. The van der Waals surface area contributed by atoms with Crippen LogP contribution in [0, 0.1) is 19.8 Å². The molecule has 1 aliphatic carbocycles. The highest BCUT2D eigenvalue weighted by molar-refractivity contribution is 5.83. The van der Waals surface area contributed by atoms with Crippen LogP contribution in [0.5, 0.6) is 0 Å². The van der Waals surface area contributed by atoms with Crippen LogP contribution in [0.1, 0.15) is 29.0 Å². The molecular formula is C22H26N2O. The van der Waals surface area contributed by atoms with Crippen LogP contribution in [0.4, 0.5) is 5.69 Å². The molecule has 1 heterocycles. The molecule has 2 fully saturated rings. The highest BCUT2D eigenvalue weighted by Gasteiger charge is 2.45. The number of amides is 1. The molecule has 3 heteroatoms. The van der Waals surface area contributed by atoms with E-state index >= 15 is 0 Å². The minimum absolute atomic E-state index is 0.204. The first-order valence-electron chi connectivity index (χ1n) is 9.29. The number of anilines is 1. The van der Waals surface area contributed by atoms with E-state index in [-0.39, 0.29) is 5.92 Å². The van der Waals surface area contributed by atoms with Gasteiger partial charge in [-0.3, -0.25) is 4.79 Å². The zero-order valence-corrected chi connectivity index (χ0v) is 15.1. The molecule has 0 spiro atoms. The number of carbonyl (C=O) groups is 1. The summed E-state index contributed by atoms with van der Waals surface area (Å²) in [7, 11) is 0. The molecule has 0 radical (unpaired) electrons. The first-order chi connectivity index (χ1) is 12.1. The average molecular weight is 334 g/mol. The maximum Gasteiger partial charge on any atom is 0.226 e. The van der Waals surface area contributed by atoms with Crippen molar-refractivity contribution < 1.29 is 4.79 Å². The van der Waals surface area contributed by atoms with Crippen molar-refractivity contribution in [1.29, 1.82) is 0 Å². The molecule has 130 valence electrons. The number of aryl methyl sites for hydroxylation is 2. The van der Waals surface area contributed by atoms with Crippen molar-refractivity contribution in [2.45, 2.75) is 26.2 Å². The fourth-order valence-corrected chi connectivity index (χ4v) is 4.10. The minimum Gasteiger partial charge on any atom is -0.368 e. The van der Waals surface area contributed by atoms with Gasteiger partial charge in [-0.05, 0) is 43.4 Å². The maximum absolute atomic E-state index is 12.8. The molecule has 0 unspecified atom stereocenters. The summed E-state index contributed by atoms with van der Waals surface area (Å²) in [6, 6.07) is 17.1. The van der Waals surface area contributed by atoms with Crippen molar-refractivity contribution in [2.75, 3.05) is 31.1 Å². The summed E-state index contributed by atoms with van der Waals surface area (Å²) in [6.07, 6.45) is 1.01. The van der Waals surface area contributed by atoms with E-state index in [0.29, 0.717) is 11.8 Å². The van der Waals surface area contributed by atoms with Crippen molar-refractivity contribution in [3.8, 4) is 0 Å². The Labute approximate surface area is 150 Å². The molecule has 0 bridgehead atoms. The van der Waals surface area contributed by atoms with Gasteiger partial charge in [0.25, 0.3) is 0 Å².